The summed E-state index contributed by atoms with van der Waals surface area (Å²) in [6, 6.07) is 40.2. The maximum absolute atomic E-state index is 14.0. The number of nitrogens with two attached hydrogens (primary N) is 1. The van der Waals surface area contributed by atoms with Gasteiger partial charge >= 0.3 is 0 Å². The second-order valence-electron chi connectivity index (χ2n) is 12.7. The summed E-state index contributed by atoms with van der Waals surface area (Å²) in [6.07, 6.45) is -1.87. The predicted octanol–water partition coefficient (Wildman–Crippen LogP) is 9.27. The van der Waals surface area contributed by atoms with E-state index in [2.05, 4.69) is 116 Å². The van der Waals surface area contributed by atoms with Gasteiger partial charge in [0.2, 0.25) is 10.0 Å². The van der Waals surface area contributed by atoms with E-state index >= 15 is 0 Å². The van der Waals surface area contributed by atoms with Crippen LogP contribution in [0.15, 0.2) is 138 Å². The molecular formula is C43H43F3N4O4S. The summed E-state index contributed by atoms with van der Waals surface area (Å²) in [5.41, 5.74) is 6.67. The molecule has 286 valence electrons. The highest BCUT2D eigenvalue weighted by molar-refractivity contribution is 7.89. The Morgan fingerprint density at radius 3 is 1.95 bits per heavy atom. The van der Waals surface area contributed by atoms with Gasteiger partial charge in [0, 0.05) is 12.1 Å². The fraction of sp³-hybridized carbons (Fsp3) is 0.186. The molecule has 1 heterocycles. The fourth-order valence-corrected chi connectivity index (χ4v) is 6.38. The highest BCUT2D eigenvalue weighted by atomic mass is 32.2. The summed E-state index contributed by atoms with van der Waals surface area (Å²) in [5, 5.41) is 8.90. The minimum Gasteiger partial charge on any atom is -0.494 e. The van der Waals surface area contributed by atoms with Crippen molar-refractivity contribution in [1.82, 2.24) is 14.7 Å². The minimum atomic E-state index is -3.90. The van der Waals surface area contributed by atoms with Gasteiger partial charge in [-0.1, -0.05) is 79.7 Å². The molecule has 6 rings (SSSR count). The number of aromatic nitrogens is 2. The number of likely N-dealkylation sites (N-methyl/N-ethyl adjacent to an activating group) is 1. The van der Waals surface area contributed by atoms with Crippen molar-refractivity contribution >= 4 is 21.2 Å². The monoisotopic (exact) mass is 768 g/mol. The van der Waals surface area contributed by atoms with Gasteiger partial charge in [0.15, 0.2) is 11.6 Å². The van der Waals surface area contributed by atoms with Crippen molar-refractivity contribution in [3.8, 4) is 28.4 Å². The highest BCUT2D eigenvalue weighted by Gasteiger charge is 2.20. The van der Waals surface area contributed by atoms with Gasteiger partial charge in [0.05, 0.1) is 23.4 Å². The van der Waals surface area contributed by atoms with Gasteiger partial charge in [0.1, 0.15) is 18.1 Å². The van der Waals surface area contributed by atoms with Crippen molar-refractivity contribution in [2.75, 3.05) is 34.4 Å². The first-order valence-electron chi connectivity index (χ1n) is 17.5. The molecule has 0 aliphatic carbocycles. The Kier molecular flexibility index (Phi) is 13.7. The van der Waals surface area contributed by atoms with Crippen molar-refractivity contribution in [2.24, 2.45) is 5.14 Å². The number of benzene rings is 5. The third kappa shape index (κ3) is 10.5. The standard InChI is InChI=1S/C26H29NO.C17H14F3N3O3S/c1-4-25(21-11-7-5-8-12-21)26(22-13-9-6-10-14-22)23-15-17-24(18-16-23)28-20-19-27(2)3;1-26-16-7-2-10(8-13(16)18)15-9-14(17(19)20)22-23(15)11-3-5-12(6-4-11)27(21,24)25/h5-18H,4,19-20H2,1-3H3;2-9,17H,1H3,(H2,21,24,25)/b26-25-;. The molecular weight excluding hydrogens is 726 g/mol. The molecule has 0 saturated heterocycles. The molecule has 0 bridgehead atoms. The lowest BCUT2D eigenvalue weighted by Crippen LogP contribution is -2.19. The Labute approximate surface area is 320 Å². The van der Waals surface area contributed by atoms with Crippen LogP contribution in [0.5, 0.6) is 11.5 Å². The summed E-state index contributed by atoms with van der Waals surface area (Å²) in [7, 11) is 1.52. The van der Waals surface area contributed by atoms with E-state index in [4.69, 9.17) is 14.6 Å². The number of primary sulfonamides is 1. The second-order valence-corrected chi connectivity index (χ2v) is 14.2. The van der Waals surface area contributed by atoms with Crippen LogP contribution in [-0.4, -0.2) is 57.5 Å². The van der Waals surface area contributed by atoms with Gasteiger partial charge in [-0.3, -0.25) is 0 Å². The second kappa shape index (κ2) is 18.6. The van der Waals surface area contributed by atoms with Crippen LogP contribution in [0.1, 0.15) is 42.2 Å². The van der Waals surface area contributed by atoms with Gasteiger partial charge in [-0.25, -0.2) is 31.4 Å². The zero-order valence-electron chi connectivity index (χ0n) is 31.0. The molecule has 0 atom stereocenters. The number of ether oxygens (including phenoxy) is 2. The molecule has 0 radical (unpaired) electrons. The average Bonchev–Trinajstić information content (AvgIpc) is 3.64. The third-order valence-electron chi connectivity index (χ3n) is 8.60. The number of halogens is 3. The number of hydrogen-bond acceptors (Lipinski definition) is 6. The first-order valence-corrected chi connectivity index (χ1v) is 19.0. The Morgan fingerprint density at radius 1 is 0.818 bits per heavy atom. The molecule has 0 aliphatic heterocycles. The van der Waals surface area contributed by atoms with E-state index in [1.54, 1.807) is 0 Å². The molecule has 0 fully saturated rings. The molecule has 0 spiro atoms. The van der Waals surface area contributed by atoms with E-state index in [9.17, 15) is 21.6 Å². The molecule has 6 aromatic rings. The summed E-state index contributed by atoms with van der Waals surface area (Å²) in [4.78, 5) is 1.99. The third-order valence-corrected chi connectivity index (χ3v) is 9.53. The Balaban J connectivity index is 0.000000211. The van der Waals surface area contributed by atoms with Crippen molar-refractivity contribution in [2.45, 2.75) is 24.7 Å². The molecule has 12 heteroatoms. The number of rotatable bonds is 13. The Bertz CT molecular complexity index is 2300. The number of nitrogens with zero attached hydrogens (tertiary/aromatic N) is 3. The first kappa shape index (κ1) is 40.5. The lowest BCUT2D eigenvalue weighted by molar-refractivity contribution is 0.145. The maximum atomic E-state index is 14.0. The van der Waals surface area contributed by atoms with Crippen molar-refractivity contribution in [1.29, 1.82) is 0 Å². The van der Waals surface area contributed by atoms with Gasteiger partial charge in [0.25, 0.3) is 6.43 Å². The largest absolute Gasteiger partial charge is 0.494 e. The number of sulfonamides is 1. The molecule has 0 aliphatic rings. The van der Waals surface area contributed by atoms with E-state index in [1.807, 2.05) is 0 Å². The van der Waals surface area contributed by atoms with Gasteiger partial charge < -0.3 is 14.4 Å². The Hall–Kier alpha value is -5.69. The fourth-order valence-electron chi connectivity index (χ4n) is 5.86. The predicted molar refractivity (Wildman–Crippen MR) is 211 cm³/mol. The summed E-state index contributed by atoms with van der Waals surface area (Å²) in [6.45, 7) is 3.83. The minimum absolute atomic E-state index is 0.0106. The van der Waals surface area contributed by atoms with Crippen LogP contribution in [0.4, 0.5) is 13.2 Å². The Morgan fingerprint density at radius 2 is 1.42 bits per heavy atom. The van der Waals surface area contributed by atoms with E-state index in [-0.39, 0.29) is 16.3 Å². The van der Waals surface area contributed by atoms with Crippen molar-refractivity contribution in [3.63, 3.8) is 0 Å². The normalized spacial score (nSPS) is 11.9. The van der Waals surface area contributed by atoms with Crippen LogP contribution in [0.2, 0.25) is 0 Å². The van der Waals surface area contributed by atoms with Gasteiger partial charge in [-0.15, -0.1) is 0 Å². The molecule has 2 N–H and O–H groups in total. The zero-order chi connectivity index (χ0) is 39.5. The van der Waals surface area contributed by atoms with Crippen molar-refractivity contribution in [3.05, 3.63) is 162 Å². The number of allylic oxidation sites excluding steroid dienone is 1. The number of alkyl halides is 2. The summed E-state index contributed by atoms with van der Waals surface area (Å²) >= 11 is 0. The maximum Gasteiger partial charge on any atom is 0.282 e. The van der Waals surface area contributed by atoms with Crippen LogP contribution in [0.3, 0.4) is 0 Å². The van der Waals surface area contributed by atoms with Crippen LogP contribution in [0.25, 0.3) is 28.1 Å². The lowest BCUT2D eigenvalue weighted by Gasteiger charge is -2.17. The van der Waals surface area contributed by atoms with Crippen LogP contribution >= 0.6 is 0 Å². The smallest absolute Gasteiger partial charge is 0.282 e. The molecule has 0 amide bonds. The summed E-state index contributed by atoms with van der Waals surface area (Å²) < 4.78 is 75.0. The summed E-state index contributed by atoms with van der Waals surface area (Å²) in [5.74, 6) is 0.262. The van der Waals surface area contributed by atoms with Crippen LogP contribution in [-0.2, 0) is 10.0 Å². The van der Waals surface area contributed by atoms with Crippen LogP contribution in [0, 0.1) is 5.82 Å². The topological polar surface area (TPSA) is 99.7 Å². The van der Waals surface area contributed by atoms with Gasteiger partial charge in [-0.2, -0.15) is 5.10 Å². The van der Waals surface area contributed by atoms with Gasteiger partial charge in [-0.05, 0) is 109 Å². The number of methoxy groups -OCH3 is 1. The van der Waals surface area contributed by atoms with E-state index < -0.39 is 28.0 Å². The van der Waals surface area contributed by atoms with E-state index in [0.717, 1.165) is 30.8 Å². The zero-order valence-corrected chi connectivity index (χ0v) is 31.8. The average molecular weight is 769 g/mol. The van der Waals surface area contributed by atoms with Crippen molar-refractivity contribution < 1.29 is 31.1 Å². The van der Waals surface area contributed by atoms with Crippen LogP contribution < -0.4 is 14.6 Å². The molecule has 1 aromatic heterocycles. The molecule has 55 heavy (non-hydrogen) atoms. The number of hydrogen-bond donors (Lipinski definition) is 1. The molecule has 0 saturated carbocycles. The van der Waals surface area contributed by atoms with E-state index in [1.165, 1.54) is 76.0 Å². The SMILES string of the molecule is CC/C(=C(\c1ccccc1)c1ccc(OCCN(C)C)cc1)c1ccccc1.COc1ccc(-c2cc(C(F)F)nn2-c2ccc(S(N)(=O)=O)cc2)cc1F. The quantitative estimate of drug-likeness (QED) is 0.118. The lowest BCUT2D eigenvalue weighted by atomic mass is 9.88. The first-order chi connectivity index (χ1) is 26.4. The highest BCUT2D eigenvalue weighted by Crippen LogP contribution is 2.35. The van der Waals surface area contributed by atoms with E-state index in [0.29, 0.717) is 17.9 Å². The molecule has 8 nitrogen and oxygen atoms in total. The molecule has 0 unspecified atom stereocenters. The molecule has 5 aromatic carbocycles.